The molecule has 0 aliphatic heterocycles. The number of rotatable bonds is 6. The molecule has 0 saturated heterocycles. The molecule has 1 aromatic heterocycles. The van der Waals surface area contributed by atoms with Crippen LogP contribution in [0.2, 0.25) is 0 Å². The molecular formula is C20H22N2O3. The maximum atomic E-state index is 13.0. The standard InChI is InChI=1S/C20H22N2O3/c1-14-17(20(24)25)10-11-18(21-14)19(23)22(13-16-8-5-9-16)12-15-6-3-2-4-7-15/h2-4,6-7,10-11,16H,5,8-9,12-13H2,1H3,(H,24,25). The van der Waals surface area contributed by atoms with Gasteiger partial charge in [-0.3, -0.25) is 4.79 Å². The number of hydrogen-bond donors (Lipinski definition) is 1. The first-order valence-corrected chi connectivity index (χ1v) is 8.58. The summed E-state index contributed by atoms with van der Waals surface area (Å²) in [5.41, 5.74) is 1.87. The summed E-state index contributed by atoms with van der Waals surface area (Å²) in [6.45, 7) is 2.88. The highest BCUT2D eigenvalue weighted by molar-refractivity contribution is 5.94. The summed E-state index contributed by atoms with van der Waals surface area (Å²) >= 11 is 0. The van der Waals surface area contributed by atoms with Crippen LogP contribution in [0.4, 0.5) is 0 Å². The Kier molecular flexibility index (Phi) is 5.12. The number of aromatic carboxylic acids is 1. The van der Waals surface area contributed by atoms with Crippen LogP contribution in [0.1, 0.15) is 51.4 Å². The third-order valence-electron chi connectivity index (χ3n) is 4.74. The average Bonchev–Trinajstić information content (AvgIpc) is 2.56. The van der Waals surface area contributed by atoms with Gasteiger partial charge in [-0.15, -0.1) is 0 Å². The number of carbonyl (C=O) groups excluding carboxylic acids is 1. The van der Waals surface area contributed by atoms with Crippen molar-refractivity contribution in [2.45, 2.75) is 32.7 Å². The molecule has 25 heavy (non-hydrogen) atoms. The highest BCUT2D eigenvalue weighted by atomic mass is 16.4. The third kappa shape index (κ3) is 4.05. The fourth-order valence-corrected chi connectivity index (χ4v) is 3.08. The third-order valence-corrected chi connectivity index (χ3v) is 4.74. The zero-order valence-corrected chi connectivity index (χ0v) is 14.3. The molecule has 0 unspecified atom stereocenters. The molecule has 1 aliphatic carbocycles. The van der Waals surface area contributed by atoms with Gasteiger partial charge in [0.15, 0.2) is 0 Å². The van der Waals surface area contributed by atoms with Gasteiger partial charge in [0.05, 0.1) is 11.3 Å². The van der Waals surface area contributed by atoms with Crippen LogP contribution in [0.15, 0.2) is 42.5 Å². The SMILES string of the molecule is Cc1nc(C(=O)N(Cc2ccccc2)CC2CCC2)ccc1C(=O)O. The summed E-state index contributed by atoms with van der Waals surface area (Å²) in [7, 11) is 0. The minimum atomic E-state index is -1.03. The van der Waals surface area contributed by atoms with Crippen LogP contribution >= 0.6 is 0 Å². The molecule has 5 nitrogen and oxygen atoms in total. The maximum absolute atomic E-state index is 13.0. The number of aryl methyl sites for hydroxylation is 1. The Labute approximate surface area is 147 Å². The lowest BCUT2D eigenvalue weighted by Gasteiger charge is -2.32. The van der Waals surface area contributed by atoms with Crippen molar-refractivity contribution in [3.8, 4) is 0 Å². The van der Waals surface area contributed by atoms with Gasteiger partial charge >= 0.3 is 5.97 Å². The molecule has 1 heterocycles. The van der Waals surface area contributed by atoms with E-state index in [-0.39, 0.29) is 11.5 Å². The zero-order valence-electron chi connectivity index (χ0n) is 14.3. The molecule has 0 bridgehead atoms. The van der Waals surface area contributed by atoms with Crippen LogP contribution in [0.25, 0.3) is 0 Å². The van der Waals surface area contributed by atoms with Crippen molar-refractivity contribution in [3.63, 3.8) is 0 Å². The van der Waals surface area contributed by atoms with Gasteiger partial charge in [-0.2, -0.15) is 0 Å². The Morgan fingerprint density at radius 3 is 2.44 bits per heavy atom. The van der Waals surface area contributed by atoms with Crippen LogP contribution in [0, 0.1) is 12.8 Å². The fraction of sp³-hybridized carbons (Fsp3) is 0.350. The van der Waals surface area contributed by atoms with Crippen molar-refractivity contribution < 1.29 is 14.7 Å². The van der Waals surface area contributed by atoms with E-state index in [0.717, 1.165) is 24.9 Å². The van der Waals surface area contributed by atoms with E-state index in [9.17, 15) is 9.59 Å². The normalized spacial score (nSPS) is 14.0. The summed E-state index contributed by atoms with van der Waals surface area (Å²) in [6.07, 6.45) is 3.54. The van der Waals surface area contributed by atoms with Crippen molar-refractivity contribution in [2.75, 3.05) is 6.54 Å². The van der Waals surface area contributed by atoms with Gasteiger partial charge in [0.1, 0.15) is 5.69 Å². The summed E-state index contributed by atoms with van der Waals surface area (Å²) in [5, 5.41) is 9.12. The number of nitrogens with zero attached hydrogens (tertiary/aromatic N) is 2. The Morgan fingerprint density at radius 2 is 1.88 bits per heavy atom. The number of carboxylic acids is 1. The summed E-state index contributed by atoms with van der Waals surface area (Å²) in [4.78, 5) is 30.2. The van der Waals surface area contributed by atoms with Crippen LogP contribution in [0.3, 0.4) is 0 Å². The second kappa shape index (κ2) is 7.47. The molecule has 0 spiro atoms. The Balaban J connectivity index is 1.82. The molecule has 1 amide bonds. The second-order valence-corrected chi connectivity index (χ2v) is 6.60. The predicted molar refractivity (Wildman–Crippen MR) is 94.5 cm³/mol. The molecule has 130 valence electrons. The highest BCUT2D eigenvalue weighted by Gasteiger charge is 2.25. The number of hydrogen-bond acceptors (Lipinski definition) is 3. The maximum Gasteiger partial charge on any atom is 0.337 e. The largest absolute Gasteiger partial charge is 0.478 e. The number of benzene rings is 1. The summed E-state index contributed by atoms with van der Waals surface area (Å²) in [5.74, 6) is -0.623. The molecule has 2 aromatic rings. The molecule has 0 atom stereocenters. The average molecular weight is 338 g/mol. The van der Waals surface area contributed by atoms with E-state index in [4.69, 9.17) is 5.11 Å². The molecule has 1 saturated carbocycles. The van der Waals surface area contributed by atoms with Crippen molar-refractivity contribution in [2.24, 2.45) is 5.92 Å². The molecular weight excluding hydrogens is 316 g/mol. The van der Waals surface area contributed by atoms with E-state index in [0.29, 0.717) is 23.9 Å². The van der Waals surface area contributed by atoms with Crippen molar-refractivity contribution >= 4 is 11.9 Å². The van der Waals surface area contributed by atoms with Gasteiger partial charge in [0, 0.05) is 13.1 Å². The summed E-state index contributed by atoms with van der Waals surface area (Å²) in [6, 6.07) is 12.9. The quantitative estimate of drug-likeness (QED) is 0.875. The topological polar surface area (TPSA) is 70.5 Å². The molecule has 1 aliphatic rings. The van der Waals surface area contributed by atoms with Crippen LogP contribution in [-0.2, 0) is 6.54 Å². The first-order valence-electron chi connectivity index (χ1n) is 8.58. The van der Waals surface area contributed by atoms with Crippen molar-refractivity contribution in [3.05, 3.63) is 65.0 Å². The molecule has 3 rings (SSSR count). The van der Waals surface area contributed by atoms with Crippen LogP contribution < -0.4 is 0 Å². The predicted octanol–water partition coefficient (Wildman–Crippen LogP) is 3.53. The molecule has 1 N–H and O–H groups in total. The van der Waals surface area contributed by atoms with E-state index >= 15 is 0 Å². The first-order chi connectivity index (χ1) is 12.0. The van der Waals surface area contributed by atoms with Gasteiger partial charge < -0.3 is 10.0 Å². The number of pyridine rings is 1. The molecule has 0 radical (unpaired) electrons. The van der Waals surface area contributed by atoms with Gasteiger partial charge in [0.25, 0.3) is 5.91 Å². The Bertz CT molecular complexity index is 770. The lowest BCUT2D eigenvalue weighted by atomic mass is 9.85. The van der Waals surface area contributed by atoms with Gasteiger partial charge in [-0.25, -0.2) is 9.78 Å². The van der Waals surface area contributed by atoms with E-state index < -0.39 is 5.97 Å². The minimum Gasteiger partial charge on any atom is -0.478 e. The van der Waals surface area contributed by atoms with Gasteiger partial charge in [-0.05, 0) is 43.4 Å². The number of amides is 1. The minimum absolute atomic E-state index is 0.130. The van der Waals surface area contributed by atoms with Crippen molar-refractivity contribution in [1.29, 1.82) is 0 Å². The number of carboxylic acid groups (broad SMARTS) is 1. The van der Waals surface area contributed by atoms with Gasteiger partial charge in [0.2, 0.25) is 0 Å². The van der Waals surface area contributed by atoms with E-state index in [2.05, 4.69) is 4.98 Å². The smallest absolute Gasteiger partial charge is 0.337 e. The van der Waals surface area contributed by atoms with Crippen LogP contribution in [0.5, 0.6) is 0 Å². The fourth-order valence-electron chi connectivity index (χ4n) is 3.08. The van der Waals surface area contributed by atoms with E-state index in [1.54, 1.807) is 6.92 Å². The Morgan fingerprint density at radius 1 is 1.16 bits per heavy atom. The second-order valence-electron chi connectivity index (χ2n) is 6.60. The summed E-state index contributed by atoms with van der Waals surface area (Å²) < 4.78 is 0. The monoisotopic (exact) mass is 338 g/mol. The molecule has 5 heteroatoms. The molecule has 1 aromatic carbocycles. The lowest BCUT2D eigenvalue weighted by Crippen LogP contribution is -2.37. The highest BCUT2D eigenvalue weighted by Crippen LogP contribution is 2.28. The lowest BCUT2D eigenvalue weighted by molar-refractivity contribution is 0.0666. The zero-order chi connectivity index (χ0) is 17.8. The van der Waals surface area contributed by atoms with Crippen molar-refractivity contribution in [1.82, 2.24) is 9.88 Å². The first kappa shape index (κ1) is 17.1. The van der Waals surface area contributed by atoms with Crippen LogP contribution in [-0.4, -0.2) is 33.4 Å². The number of aromatic nitrogens is 1. The molecule has 1 fully saturated rings. The van der Waals surface area contributed by atoms with E-state index in [1.165, 1.54) is 18.6 Å². The Hall–Kier alpha value is -2.69. The van der Waals surface area contributed by atoms with Gasteiger partial charge in [-0.1, -0.05) is 36.8 Å². The van der Waals surface area contributed by atoms with E-state index in [1.807, 2.05) is 35.2 Å². The number of carbonyl (C=O) groups is 2.